The summed E-state index contributed by atoms with van der Waals surface area (Å²) in [4.78, 5) is 12.6. The molecule has 1 N–H and O–H groups in total. The lowest BCUT2D eigenvalue weighted by Gasteiger charge is -2.14. The Morgan fingerprint density at radius 3 is 2.64 bits per heavy atom. The quantitative estimate of drug-likeness (QED) is 0.563. The summed E-state index contributed by atoms with van der Waals surface area (Å²) < 4.78 is 30.5. The standard InChI is InChI=1S/C20H18F2N6/c1-4-28-20-17(10-25-28)24-9-14(22)19(20)27-15-7-16(23-8-11(15)2)18-13(21)6-5-12(3)26-18/h5-10H,4H2,1-3H3,(H,23,24,27). The fraction of sp³-hybridized carbons (Fsp3) is 0.200. The zero-order chi connectivity index (χ0) is 19.8. The number of aryl methyl sites for hydroxylation is 3. The van der Waals surface area contributed by atoms with E-state index in [0.29, 0.717) is 34.7 Å². The van der Waals surface area contributed by atoms with Gasteiger partial charge in [0.05, 0.1) is 18.1 Å². The van der Waals surface area contributed by atoms with E-state index >= 15 is 0 Å². The predicted molar refractivity (Wildman–Crippen MR) is 103 cm³/mol. The average molecular weight is 380 g/mol. The minimum Gasteiger partial charge on any atom is -0.351 e. The highest BCUT2D eigenvalue weighted by Crippen LogP contribution is 2.31. The second-order valence-electron chi connectivity index (χ2n) is 6.47. The minimum absolute atomic E-state index is 0.155. The number of halogens is 2. The molecule has 0 fully saturated rings. The minimum atomic E-state index is -0.500. The molecule has 0 saturated heterocycles. The number of nitrogens with one attached hydrogen (secondary N) is 1. The van der Waals surface area contributed by atoms with Crippen LogP contribution in [0.1, 0.15) is 18.2 Å². The van der Waals surface area contributed by atoms with Crippen molar-refractivity contribution in [3.05, 3.63) is 59.7 Å². The van der Waals surface area contributed by atoms with Crippen LogP contribution in [0, 0.1) is 25.5 Å². The molecular formula is C20H18F2N6. The number of anilines is 2. The summed E-state index contributed by atoms with van der Waals surface area (Å²) in [5.74, 6) is -0.963. The second-order valence-corrected chi connectivity index (χ2v) is 6.47. The van der Waals surface area contributed by atoms with E-state index in [1.54, 1.807) is 36.1 Å². The smallest absolute Gasteiger partial charge is 0.167 e. The Morgan fingerprint density at radius 2 is 1.86 bits per heavy atom. The summed E-state index contributed by atoms with van der Waals surface area (Å²) in [6.07, 6.45) is 4.36. The molecule has 0 saturated carbocycles. The second kappa shape index (κ2) is 6.95. The molecule has 142 valence electrons. The topological polar surface area (TPSA) is 68.5 Å². The van der Waals surface area contributed by atoms with Crippen LogP contribution in [0.25, 0.3) is 22.4 Å². The van der Waals surface area contributed by atoms with Crippen LogP contribution < -0.4 is 5.32 Å². The Hall–Kier alpha value is -3.42. The van der Waals surface area contributed by atoms with Gasteiger partial charge in [-0.2, -0.15) is 5.10 Å². The zero-order valence-corrected chi connectivity index (χ0v) is 15.7. The normalized spacial score (nSPS) is 11.2. The lowest BCUT2D eigenvalue weighted by atomic mass is 10.1. The molecule has 6 nitrogen and oxygen atoms in total. The molecule has 8 heteroatoms. The van der Waals surface area contributed by atoms with Gasteiger partial charge in [-0.1, -0.05) is 0 Å². The maximum absolute atomic E-state index is 14.6. The van der Waals surface area contributed by atoms with Crippen molar-refractivity contribution in [2.45, 2.75) is 27.3 Å². The van der Waals surface area contributed by atoms with Crippen molar-refractivity contribution in [1.29, 1.82) is 0 Å². The van der Waals surface area contributed by atoms with Gasteiger partial charge >= 0.3 is 0 Å². The van der Waals surface area contributed by atoms with Gasteiger partial charge in [0, 0.05) is 24.1 Å². The van der Waals surface area contributed by atoms with Crippen molar-refractivity contribution in [2.24, 2.45) is 0 Å². The molecule has 0 aromatic carbocycles. The number of fused-ring (bicyclic) bond motifs is 1. The third-order valence-electron chi connectivity index (χ3n) is 4.50. The van der Waals surface area contributed by atoms with Crippen LogP contribution >= 0.6 is 0 Å². The van der Waals surface area contributed by atoms with E-state index in [9.17, 15) is 8.78 Å². The fourth-order valence-electron chi connectivity index (χ4n) is 3.03. The summed E-state index contributed by atoms with van der Waals surface area (Å²) in [5.41, 5.74) is 4.01. The summed E-state index contributed by atoms with van der Waals surface area (Å²) in [6.45, 7) is 6.11. The third kappa shape index (κ3) is 3.06. The zero-order valence-electron chi connectivity index (χ0n) is 15.7. The Morgan fingerprint density at radius 1 is 1.04 bits per heavy atom. The number of rotatable bonds is 4. The van der Waals surface area contributed by atoms with E-state index in [0.717, 1.165) is 11.8 Å². The Kier molecular flexibility index (Phi) is 4.46. The summed E-state index contributed by atoms with van der Waals surface area (Å²) in [5, 5.41) is 7.36. The van der Waals surface area contributed by atoms with Crippen LogP contribution in [0.2, 0.25) is 0 Å². The highest BCUT2D eigenvalue weighted by Gasteiger charge is 2.16. The van der Waals surface area contributed by atoms with Crippen molar-refractivity contribution < 1.29 is 8.78 Å². The molecule has 28 heavy (non-hydrogen) atoms. The Bertz CT molecular complexity index is 1180. The van der Waals surface area contributed by atoms with Crippen LogP contribution in [-0.4, -0.2) is 24.7 Å². The molecule has 4 rings (SSSR count). The molecule has 4 aromatic rings. The highest BCUT2D eigenvalue weighted by molar-refractivity contribution is 5.90. The molecule has 0 aliphatic carbocycles. The first-order valence-corrected chi connectivity index (χ1v) is 8.85. The largest absolute Gasteiger partial charge is 0.351 e. The fourth-order valence-corrected chi connectivity index (χ4v) is 3.03. The van der Waals surface area contributed by atoms with Crippen molar-refractivity contribution in [3.8, 4) is 11.4 Å². The van der Waals surface area contributed by atoms with Gasteiger partial charge < -0.3 is 5.32 Å². The molecular weight excluding hydrogens is 362 g/mol. The van der Waals surface area contributed by atoms with Crippen molar-refractivity contribution >= 4 is 22.4 Å². The van der Waals surface area contributed by atoms with Gasteiger partial charge in [-0.15, -0.1) is 0 Å². The summed E-state index contributed by atoms with van der Waals surface area (Å²) >= 11 is 0. The molecule has 0 amide bonds. The number of nitrogens with zero attached hydrogens (tertiary/aromatic N) is 5. The maximum Gasteiger partial charge on any atom is 0.167 e. The van der Waals surface area contributed by atoms with Crippen LogP contribution in [0.4, 0.5) is 20.2 Å². The first-order valence-electron chi connectivity index (χ1n) is 8.85. The SMILES string of the molecule is CCn1ncc2ncc(F)c(Nc3cc(-c4nc(C)ccc4F)ncc3C)c21. The van der Waals surface area contributed by atoms with E-state index in [1.165, 1.54) is 6.07 Å². The van der Waals surface area contributed by atoms with Crippen LogP contribution in [0.3, 0.4) is 0 Å². The number of aromatic nitrogens is 5. The highest BCUT2D eigenvalue weighted by atomic mass is 19.1. The van der Waals surface area contributed by atoms with E-state index in [4.69, 9.17) is 0 Å². The first kappa shape index (κ1) is 18.0. The van der Waals surface area contributed by atoms with Crippen molar-refractivity contribution in [3.63, 3.8) is 0 Å². The molecule has 0 atom stereocenters. The molecule has 0 aliphatic heterocycles. The van der Waals surface area contributed by atoms with E-state index in [-0.39, 0.29) is 11.4 Å². The molecule has 0 spiro atoms. The number of hydrogen-bond acceptors (Lipinski definition) is 5. The molecule has 4 aromatic heterocycles. The average Bonchev–Trinajstić information content (AvgIpc) is 3.11. The molecule has 0 radical (unpaired) electrons. The monoisotopic (exact) mass is 380 g/mol. The van der Waals surface area contributed by atoms with Gasteiger partial charge in [0.25, 0.3) is 0 Å². The van der Waals surface area contributed by atoms with Crippen molar-refractivity contribution in [1.82, 2.24) is 24.7 Å². The van der Waals surface area contributed by atoms with Gasteiger partial charge in [0.1, 0.15) is 22.4 Å². The van der Waals surface area contributed by atoms with E-state index < -0.39 is 11.6 Å². The van der Waals surface area contributed by atoms with Crippen LogP contribution in [0.15, 0.2) is 36.8 Å². The van der Waals surface area contributed by atoms with E-state index in [1.807, 2.05) is 13.8 Å². The van der Waals surface area contributed by atoms with Gasteiger partial charge in [0.2, 0.25) is 0 Å². The molecule has 0 unspecified atom stereocenters. The van der Waals surface area contributed by atoms with Crippen LogP contribution in [-0.2, 0) is 6.54 Å². The summed E-state index contributed by atoms with van der Waals surface area (Å²) in [6, 6.07) is 4.62. The molecule has 0 bridgehead atoms. The number of hydrogen-bond donors (Lipinski definition) is 1. The van der Waals surface area contributed by atoms with Gasteiger partial charge in [-0.25, -0.2) is 18.7 Å². The molecule has 0 aliphatic rings. The number of pyridine rings is 3. The van der Waals surface area contributed by atoms with Crippen LogP contribution in [0.5, 0.6) is 0 Å². The van der Waals surface area contributed by atoms with Gasteiger partial charge in [-0.3, -0.25) is 9.67 Å². The third-order valence-corrected chi connectivity index (χ3v) is 4.50. The van der Waals surface area contributed by atoms with Gasteiger partial charge in [-0.05, 0) is 44.5 Å². The molecule has 4 heterocycles. The summed E-state index contributed by atoms with van der Waals surface area (Å²) in [7, 11) is 0. The van der Waals surface area contributed by atoms with Crippen molar-refractivity contribution in [2.75, 3.05) is 5.32 Å². The lowest BCUT2D eigenvalue weighted by molar-refractivity contribution is 0.623. The lowest BCUT2D eigenvalue weighted by Crippen LogP contribution is -2.04. The first-order chi connectivity index (χ1) is 13.5. The van der Waals surface area contributed by atoms with Gasteiger partial charge in [0.15, 0.2) is 11.6 Å². The maximum atomic E-state index is 14.6. The predicted octanol–water partition coefficient (Wildman–Crippen LogP) is 4.55. The van der Waals surface area contributed by atoms with E-state index in [2.05, 4.69) is 25.4 Å². The Labute approximate surface area is 160 Å². The Balaban J connectivity index is 1.83.